The maximum absolute atomic E-state index is 15.0. The van der Waals surface area contributed by atoms with Gasteiger partial charge in [-0.1, -0.05) is 0 Å². The van der Waals surface area contributed by atoms with Gasteiger partial charge in [0.2, 0.25) is 0 Å². The molecule has 5 rings (SSSR count). The summed E-state index contributed by atoms with van der Waals surface area (Å²) < 4.78 is 53.7. The fourth-order valence-electron chi connectivity index (χ4n) is 3.99. The molecule has 1 amide bonds. The number of rotatable bonds is 2. The molecule has 0 spiro atoms. The van der Waals surface area contributed by atoms with Crippen LogP contribution in [0, 0.1) is 5.82 Å². The monoisotopic (exact) mass is 475 g/mol. The van der Waals surface area contributed by atoms with Crippen LogP contribution < -0.4 is 10.7 Å². The van der Waals surface area contributed by atoms with Gasteiger partial charge in [-0.2, -0.15) is 24.5 Å². The van der Waals surface area contributed by atoms with E-state index in [0.29, 0.717) is 30.3 Å². The van der Waals surface area contributed by atoms with Crippen LogP contribution in [-0.2, 0) is 6.18 Å². The van der Waals surface area contributed by atoms with E-state index in [1.807, 2.05) is 10.8 Å². The molecule has 4 heterocycles. The third-order valence-electron chi connectivity index (χ3n) is 5.64. The van der Waals surface area contributed by atoms with E-state index in [-0.39, 0.29) is 23.7 Å². The highest BCUT2D eigenvalue weighted by atomic mass is 32.1. The number of anilines is 2. The topological polar surface area (TPSA) is 75.3 Å². The minimum atomic E-state index is -4.51. The van der Waals surface area contributed by atoms with Crippen molar-refractivity contribution in [3.8, 4) is 0 Å². The molecule has 0 aliphatic carbocycles. The number of fused-ring (bicyclic) bond motifs is 3. The van der Waals surface area contributed by atoms with E-state index in [2.05, 4.69) is 9.97 Å². The molecule has 1 fully saturated rings. The quantitative estimate of drug-likeness (QED) is 0.401. The number of nitrogen functional groups attached to an aromatic ring is 1. The van der Waals surface area contributed by atoms with Crippen LogP contribution in [0.1, 0.15) is 28.8 Å². The van der Waals surface area contributed by atoms with Crippen molar-refractivity contribution in [2.75, 3.05) is 23.8 Å². The smallest absolute Gasteiger partial charge is 0.383 e. The second-order valence-electron chi connectivity index (χ2n) is 7.71. The van der Waals surface area contributed by atoms with E-state index in [1.165, 1.54) is 39.6 Å². The first-order valence-corrected chi connectivity index (χ1v) is 11.1. The van der Waals surface area contributed by atoms with Gasteiger partial charge in [-0.25, -0.2) is 19.4 Å². The predicted octanol–water partition coefficient (Wildman–Crippen LogP) is 5.24. The summed E-state index contributed by atoms with van der Waals surface area (Å²) in [4.78, 5) is 21.6. The molecule has 0 atom stereocenters. The Kier molecular flexibility index (Phi) is 5.08. The van der Waals surface area contributed by atoms with Gasteiger partial charge in [0, 0.05) is 46.9 Å². The summed E-state index contributed by atoms with van der Waals surface area (Å²) in [6.07, 6.45) is -2.40. The average Bonchev–Trinajstić information content (AvgIpc) is 3.29. The van der Waals surface area contributed by atoms with Crippen molar-refractivity contribution in [3.63, 3.8) is 0 Å². The van der Waals surface area contributed by atoms with E-state index in [1.54, 1.807) is 0 Å². The Morgan fingerprint density at radius 3 is 2.55 bits per heavy atom. The number of aromatic nitrogens is 2. The number of halogens is 4. The van der Waals surface area contributed by atoms with Crippen molar-refractivity contribution < 1.29 is 22.4 Å². The van der Waals surface area contributed by atoms with Crippen LogP contribution in [0.4, 0.5) is 29.2 Å². The van der Waals surface area contributed by atoms with Crippen molar-refractivity contribution in [1.29, 1.82) is 0 Å². The molecule has 1 aromatic carbocycles. The summed E-state index contributed by atoms with van der Waals surface area (Å²) in [5.41, 5.74) is 5.27. The highest BCUT2D eigenvalue weighted by molar-refractivity contribution is 7.09. The first-order chi connectivity index (χ1) is 15.7. The summed E-state index contributed by atoms with van der Waals surface area (Å²) in [5, 5.41) is 8.63. The number of hydrogen-bond acceptors (Lipinski definition) is 6. The lowest BCUT2D eigenvalue weighted by Crippen LogP contribution is -2.51. The minimum Gasteiger partial charge on any atom is -0.383 e. The number of alkyl halides is 3. The normalized spacial score (nSPS) is 14.9. The third-order valence-corrected chi connectivity index (χ3v) is 6.38. The number of amides is 1. The highest BCUT2D eigenvalue weighted by Gasteiger charge is 2.33. The van der Waals surface area contributed by atoms with Crippen molar-refractivity contribution in [2.45, 2.75) is 19.0 Å². The van der Waals surface area contributed by atoms with Gasteiger partial charge < -0.3 is 5.73 Å². The third kappa shape index (κ3) is 3.71. The van der Waals surface area contributed by atoms with Gasteiger partial charge in [-0.3, -0.25) is 9.80 Å². The van der Waals surface area contributed by atoms with Crippen LogP contribution in [0.3, 0.4) is 0 Å². The van der Waals surface area contributed by atoms with Crippen LogP contribution in [0.2, 0.25) is 0 Å². The lowest BCUT2D eigenvalue weighted by atomic mass is 10.1. The first-order valence-electron chi connectivity index (χ1n) is 10.1. The molecule has 4 aromatic rings. The van der Waals surface area contributed by atoms with Crippen molar-refractivity contribution in [3.05, 3.63) is 58.2 Å². The molecular weight excluding hydrogens is 458 g/mol. The van der Waals surface area contributed by atoms with Gasteiger partial charge >= 0.3 is 6.18 Å². The van der Waals surface area contributed by atoms with Crippen molar-refractivity contribution in [2.24, 2.45) is 0 Å². The number of hydrogen-bond donors (Lipinski definition) is 1. The zero-order valence-electron chi connectivity index (χ0n) is 17.1. The summed E-state index contributed by atoms with van der Waals surface area (Å²) >= 11 is 1.42. The molecular formula is C22H17F4N5OS. The Balaban J connectivity index is 1.54. The van der Waals surface area contributed by atoms with E-state index >= 15 is 4.39 Å². The molecule has 3 aromatic heterocycles. The maximum atomic E-state index is 15.0. The van der Waals surface area contributed by atoms with Crippen LogP contribution >= 0.6 is 11.3 Å². The molecule has 11 heteroatoms. The Bertz CT molecular complexity index is 1370. The molecule has 33 heavy (non-hydrogen) atoms. The number of hydrazine groups is 1. The summed E-state index contributed by atoms with van der Waals surface area (Å²) in [6, 6.07) is 4.77. The van der Waals surface area contributed by atoms with E-state index < -0.39 is 23.5 Å². The van der Waals surface area contributed by atoms with Gasteiger partial charge in [0.1, 0.15) is 17.5 Å². The number of carbonyl (C=O) groups excluding carboxylic acids is 1. The van der Waals surface area contributed by atoms with Crippen molar-refractivity contribution in [1.82, 2.24) is 15.0 Å². The molecule has 6 nitrogen and oxygen atoms in total. The molecule has 0 unspecified atom stereocenters. The lowest BCUT2D eigenvalue weighted by molar-refractivity contribution is -0.137. The number of nitrogens with two attached hydrogens (primary N) is 1. The SMILES string of the molecule is Nc1nc2cc(F)c(C(=O)N3CCCCN3c3ccc(C(F)(F)F)cn3)cc2c2cscc12. The van der Waals surface area contributed by atoms with Crippen LogP contribution in [0.5, 0.6) is 0 Å². The largest absolute Gasteiger partial charge is 0.417 e. The van der Waals surface area contributed by atoms with Gasteiger partial charge in [0.15, 0.2) is 0 Å². The number of thiophene rings is 1. The molecule has 0 bridgehead atoms. The summed E-state index contributed by atoms with van der Waals surface area (Å²) in [7, 11) is 0. The standard InChI is InChI=1S/C22H17F4N5OS/c23-17-8-18-13(15-10-33-11-16(15)20(27)29-18)7-14(17)21(32)31-6-2-1-5-30(31)19-4-3-12(9-28-19)22(24,25)26/h3-4,7-11H,1-2,5-6H2,(H2,27,29). The molecule has 1 aliphatic heterocycles. The molecule has 170 valence electrons. The summed E-state index contributed by atoms with van der Waals surface area (Å²) in [6.45, 7) is 0.652. The molecule has 0 saturated carbocycles. The second-order valence-corrected chi connectivity index (χ2v) is 8.45. The van der Waals surface area contributed by atoms with Gasteiger partial charge in [0.25, 0.3) is 5.91 Å². The number of pyridine rings is 2. The number of benzene rings is 1. The lowest BCUT2D eigenvalue weighted by Gasteiger charge is -2.39. The Labute approximate surface area is 189 Å². The minimum absolute atomic E-state index is 0.152. The van der Waals surface area contributed by atoms with Gasteiger partial charge in [-0.05, 0) is 36.4 Å². The fourth-order valence-corrected chi connectivity index (χ4v) is 4.83. The predicted molar refractivity (Wildman–Crippen MR) is 118 cm³/mol. The first kappa shape index (κ1) is 21.4. The van der Waals surface area contributed by atoms with E-state index in [4.69, 9.17) is 5.73 Å². The highest BCUT2D eigenvalue weighted by Crippen LogP contribution is 2.33. The number of carbonyl (C=O) groups is 1. The molecule has 1 aliphatic rings. The Hall–Kier alpha value is -3.47. The fraction of sp³-hybridized carbons (Fsp3) is 0.227. The zero-order chi connectivity index (χ0) is 23.3. The second kappa shape index (κ2) is 7.84. The van der Waals surface area contributed by atoms with Gasteiger partial charge in [-0.15, -0.1) is 0 Å². The number of nitrogens with zero attached hydrogens (tertiary/aromatic N) is 4. The molecule has 2 N–H and O–H groups in total. The Morgan fingerprint density at radius 1 is 1.06 bits per heavy atom. The van der Waals surface area contributed by atoms with E-state index in [9.17, 15) is 18.0 Å². The van der Waals surface area contributed by atoms with Crippen molar-refractivity contribution >= 4 is 50.6 Å². The van der Waals surface area contributed by atoms with E-state index in [0.717, 1.165) is 23.0 Å². The molecule has 0 radical (unpaired) electrons. The average molecular weight is 475 g/mol. The zero-order valence-corrected chi connectivity index (χ0v) is 17.9. The Morgan fingerprint density at radius 2 is 1.82 bits per heavy atom. The molecule has 1 saturated heterocycles. The maximum Gasteiger partial charge on any atom is 0.417 e. The van der Waals surface area contributed by atoms with Crippen LogP contribution in [0.15, 0.2) is 41.2 Å². The van der Waals surface area contributed by atoms with Gasteiger partial charge in [0.05, 0.1) is 16.6 Å². The summed E-state index contributed by atoms with van der Waals surface area (Å²) in [5.74, 6) is -0.879. The van der Waals surface area contributed by atoms with Crippen LogP contribution in [-0.4, -0.2) is 34.0 Å². The van der Waals surface area contributed by atoms with Crippen LogP contribution in [0.25, 0.3) is 21.7 Å².